The molecule has 1 N–H and O–H groups in total. The van der Waals surface area contributed by atoms with Gasteiger partial charge in [0, 0.05) is 29.6 Å². The number of aryl methyl sites for hydroxylation is 2. The molecule has 0 bridgehead atoms. The molecule has 0 saturated heterocycles. The molecule has 0 aliphatic carbocycles. The Kier molecular flexibility index (Phi) is 6.77. The van der Waals surface area contributed by atoms with Crippen LogP contribution >= 0.6 is 11.8 Å². The molecule has 1 amide bonds. The first-order valence-corrected chi connectivity index (χ1v) is 10.0. The summed E-state index contributed by atoms with van der Waals surface area (Å²) < 4.78 is 15.8. The van der Waals surface area contributed by atoms with E-state index in [4.69, 9.17) is 14.0 Å². The van der Waals surface area contributed by atoms with Crippen LogP contribution in [-0.4, -0.2) is 30.3 Å². The number of nitrogens with one attached hydrogen (secondary N) is 1. The lowest BCUT2D eigenvalue weighted by Gasteiger charge is -2.12. The number of ether oxygens (including phenoxy) is 2. The summed E-state index contributed by atoms with van der Waals surface area (Å²) >= 11 is 1.48. The molecule has 0 aliphatic heterocycles. The molecule has 1 aromatic carbocycles. The highest BCUT2D eigenvalue weighted by Crippen LogP contribution is 2.28. The van der Waals surface area contributed by atoms with Crippen molar-refractivity contribution < 1.29 is 18.8 Å². The summed E-state index contributed by atoms with van der Waals surface area (Å²) in [4.78, 5) is 17.2. The van der Waals surface area contributed by atoms with Crippen molar-refractivity contribution in [2.24, 2.45) is 0 Å². The number of thioether (sulfide) groups is 1. The smallest absolute Gasteiger partial charge is 0.254 e. The minimum atomic E-state index is -0.204. The van der Waals surface area contributed by atoms with E-state index in [1.165, 1.54) is 11.8 Å². The van der Waals surface area contributed by atoms with Crippen LogP contribution in [-0.2, 0) is 12.3 Å². The summed E-state index contributed by atoms with van der Waals surface area (Å²) in [5.74, 6) is 2.59. The Labute approximate surface area is 173 Å². The number of hydrogen-bond donors (Lipinski definition) is 1. The zero-order valence-electron chi connectivity index (χ0n) is 16.8. The molecule has 0 unspecified atom stereocenters. The van der Waals surface area contributed by atoms with Crippen molar-refractivity contribution in [2.45, 2.75) is 31.2 Å². The first-order valence-electron chi connectivity index (χ1n) is 9.02. The van der Waals surface area contributed by atoms with E-state index in [1.807, 2.05) is 32.0 Å². The lowest BCUT2D eigenvalue weighted by atomic mass is 10.1. The van der Waals surface area contributed by atoms with Gasteiger partial charge < -0.3 is 19.3 Å². The Bertz CT molecular complexity index is 984. The largest absolute Gasteiger partial charge is 0.497 e. The van der Waals surface area contributed by atoms with E-state index in [0.29, 0.717) is 34.4 Å². The fourth-order valence-electron chi connectivity index (χ4n) is 2.82. The summed E-state index contributed by atoms with van der Waals surface area (Å²) in [5.41, 5.74) is 3.22. The summed E-state index contributed by atoms with van der Waals surface area (Å²) in [5, 5.41) is 7.56. The van der Waals surface area contributed by atoms with Crippen LogP contribution in [0.3, 0.4) is 0 Å². The molecule has 152 valence electrons. The normalized spacial score (nSPS) is 10.6. The van der Waals surface area contributed by atoms with Crippen molar-refractivity contribution in [3.05, 3.63) is 64.7 Å². The molecule has 8 heteroatoms. The van der Waals surface area contributed by atoms with Gasteiger partial charge in [-0.25, -0.2) is 4.98 Å². The van der Waals surface area contributed by atoms with Gasteiger partial charge in [0.25, 0.3) is 5.91 Å². The van der Waals surface area contributed by atoms with E-state index in [-0.39, 0.29) is 5.91 Å². The molecule has 29 heavy (non-hydrogen) atoms. The van der Waals surface area contributed by atoms with Crippen molar-refractivity contribution in [2.75, 3.05) is 14.2 Å². The summed E-state index contributed by atoms with van der Waals surface area (Å²) in [6, 6.07) is 8.99. The molecule has 2 heterocycles. The molecule has 0 saturated carbocycles. The monoisotopic (exact) mass is 413 g/mol. The lowest BCUT2D eigenvalue weighted by Crippen LogP contribution is -2.24. The third kappa shape index (κ3) is 4.89. The molecule has 7 nitrogen and oxygen atoms in total. The van der Waals surface area contributed by atoms with E-state index in [2.05, 4.69) is 15.5 Å². The lowest BCUT2D eigenvalue weighted by molar-refractivity contribution is 0.0947. The van der Waals surface area contributed by atoms with E-state index in [1.54, 1.807) is 32.5 Å². The number of hydrogen-bond acceptors (Lipinski definition) is 7. The van der Waals surface area contributed by atoms with Crippen molar-refractivity contribution in [3.63, 3.8) is 0 Å². The fourth-order valence-corrected chi connectivity index (χ4v) is 3.96. The molecule has 3 aromatic rings. The van der Waals surface area contributed by atoms with Gasteiger partial charge in [-0.1, -0.05) is 5.16 Å². The van der Waals surface area contributed by atoms with Gasteiger partial charge in [0.05, 0.1) is 25.5 Å². The second kappa shape index (κ2) is 9.47. The average molecular weight is 413 g/mol. The van der Waals surface area contributed by atoms with Crippen molar-refractivity contribution >= 4 is 17.7 Å². The molecular weight excluding hydrogens is 390 g/mol. The molecule has 0 atom stereocenters. The zero-order chi connectivity index (χ0) is 20.8. The minimum Gasteiger partial charge on any atom is -0.497 e. The number of methoxy groups -OCH3 is 2. The number of rotatable bonds is 8. The van der Waals surface area contributed by atoms with E-state index in [9.17, 15) is 4.79 Å². The van der Waals surface area contributed by atoms with Gasteiger partial charge in [-0.05, 0) is 44.2 Å². The highest BCUT2D eigenvalue weighted by Gasteiger charge is 2.16. The van der Waals surface area contributed by atoms with Crippen molar-refractivity contribution in [1.82, 2.24) is 15.5 Å². The van der Waals surface area contributed by atoms with Gasteiger partial charge in [-0.15, -0.1) is 11.8 Å². The Morgan fingerprint density at radius 1 is 1.21 bits per heavy atom. The van der Waals surface area contributed by atoms with Crippen LogP contribution in [0.1, 0.15) is 32.9 Å². The van der Waals surface area contributed by atoms with Crippen LogP contribution < -0.4 is 14.8 Å². The van der Waals surface area contributed by atoms with Crippen LogP contribution in [0.25, 0.3) is 0 Å². The molecule has 0 radical (unpaired) electrons. The van der Waals surface area contributed by atoms with Gasteiger partial charge in [0.2, 0.25) is 0 Å². The summed E-state index contributed by atoms with van der Waals surface area (Å²) in [7, 11) is 3.19. The van der Waals surface area contributed by atoms with Crippen LogP contribution in [0.4, 0.5) is 0 Å². The Morgan fingerprint density at radius 3 is 2.72 bits per heavy atom. The quantitative estimate of drug-likeness (QED) is 0.560. The Morgan fingerprint density at radius 2 is 2.03 bits per heavy atom. The maximum Gasteiger partial charge on any atom is 0.254 e. The molecule has 3 rings (SSSR count). The van der Waals surface area contributed by atoms with E-state index < -0.39 is 0 Å². The Balaban J connectivity index is 1.72. The molecule has 0 fully saturated rings. The highest BCUT2D eigenvalue weighted by molar-refractivity contribution is 7.98. The van der Waals surface area contributed by atoms with Gasteiger partial charge in [-0.3, -0.25) is 4.79 Å². The number of pyridine rings is 1. The van der Waals surface area contributed by atoms with Gasteiger partial charge in [-0.2, -0.15) is 0 Å². The van der Waals surface area contributed by atoms with Crippen LogP contribution in [0.15, 0.2) is 46.1 Å². The maximum atomic E-state index is 12.8. The first kappa shape index (κ1) is 20.7. The average Bonchev–Trinajstić information content (AvgIpc) is 3.07. The summed E-state index contributed by atoms with van der Waals surface area (Å²) in [6.45, 7) is 4.09. The third-order valence-electron chi connectivity index (χ3n) is 4.48. The summed E-state index contributed by atoms with van der Waals surface area (Å²) in [6.07, 6.45) is 1.68. The van der Waals surface area contributed by atoms with Gasteiger partial charge >= 0.3 is 0 Å². The van der Waals surface area contributed by atoms with Gasteiger partial charge in [0.1, 0.15) is 22.3 Å². The first-order chi connectivity index (χ1) is 14.0. The number of benzene rings is 1. The maximum absolute atomic E-state index is 12.8. The molecule has 2 aromatic heterocycles. The van der Waals surface area contributed by atoms with E-state index in [0.717, 1.165) is 22.6 Å². The predicted octanol–water partition coefficient (Wildman–Crippen LogP) is 3.93. The molecule has 0 aliphatic rings. The zero-order valence-corrected chi connectivity index (χ0v) is 17.6. The number of carbonyl (C=O) groups excluding carboxylic acids is 1. The van der Waals surface area contributed by atoms with Gasteiger partial charge in [0.15, 0.2) is 0 Å². The van der Waals surface area contributed by atoms with Crippen molar-refractivity contribution in [3.8, 4) is 11.5 Å². The molecule has 0 spiro atoms. The highest BCUT2D eigenvalue weighted by atomic mass is 32.2. The van der Waals surface area contributed by atoms with Crippen molar-refractivity contribution in [1.29, 1.82) is 0 Å². The Hall–Kier alpha value is -3.00. The standard InChI is InChI=1S/C21H23N3O4S/c1-13-18(14(2)28-24-13)12-29-21-17(6-5-9-22-21)20(25)23-11-15-10-16(26-3)7-8-19(15)27-4/h5-10H,11-12H2,1-4H3,(H,23,25). The number of nitrogens with zero attached hydrogens (tertiary/aromatic N) is 2. The second-order valence-electron chi connectivity index (χ2n) is 6.31. The topological polar surface area (TPSA) is 86.5 Å². The van der Waals surface area contributed by atoms with Crippen LogP contribution in [0, 0.1) is 13.8 Å². The SMILES string of the molecule is COc1ccc(OC)c(CNC(=O)c2cccnc2SCc2c(C)noc2C)c1. The van der Waals surface area contributed by atoms with Crippen LogP contribution in [0.5, 0.6) is 11.5 Å². The third-order valence-corrected chi connectivity index (χ3v) is 5.51. The minimum absolute atomic E-state index is 0.204. The second-order valence-corrected chi connectivity index (χ2v) is 7.27. The number of amides is 1. The molecular formula is C21H23N3O4S. The number of carbonyl (C=O) groups is 1. The predicted molar refractivity (Wildman–Crippen MR) is 110 cm³/mol. The van der Waals surface area contributed by atoms with E-state index >= 15 is 0 Å². The number of aromatic nitrogens is 2. The van der Waals surface area contributed by atoms with Crippen LogP contribution in [0.2, 0.25) is 0 Å². The fraction of sp³-hybridized carbons (Fsp3) is 0.286.